The molecule has 0 bridgehead atoms. The second-order valence-electron chi connectivity index (χ2n) is 4.69. The summed E-state index contributed by atoms with van der Waals surface area (Å²) >= 11 is 0. The van der Waals surface area contributed by atoms with Crippen LogP contribution < -0.4 is 10.0 Å². The normalized spacial score (nSPS) is 24.4. The Labute approximate surface area is 111 Å². The summed E-state index contributed by atoms with van der Waals surface area (Å²) in [5.41, 5.74) is 0. The van der Waals surface area contributed by atoms with E-state index < -0.39 is 26.6 Å². The van der Waals surface area contributed by atoms with E-state index in [1.807, 2.05) is 6.92 Å². The molecule has 19 heavy (non-hydrogen) atoms. The van der Waals surface area contributed by atoms with Crippen LogP contribution >= 0.6 is 0 Å². The summed E-state index contributed by atoms with van der Waals surface area (Å²) in [6.45, 7) is 2.71. The first-order valence-electron chi connectivity index (χ1n) is 6.11. The van der Waals surface area contributed by atoms with Crippen molar-refractivity contribution >= 4 is 10.0 Å². The lowest BCUT2D eigenvalue weighted by Gasteiger charge is -2.30. The molecule has 0 radical (unpaired) electrons. The largest absolute Gasteiger partial charge is 0.313 e. The second kappa shape index (κ2) is 5.52. The molecule has 0 unspecified atom stereocenters. The van der Waals surface area contributed by atoms with Gasteiger partial charge in [0, 0.05) is 18.2 Å². The molecule has 1 fully saturated rings. The van der Waals surface area contributed by atoms with Crippen molar-refractivity contribution in [1.29, 1.82) is 0 Å². The summed E-state index contributed by atoms with van der Waals surface area (Å²) in [6, 6.07) is 2.13. The van der Waals surface area contributed by atoms with Crippen molar-refractivity contribution in [1.82, 2.24) is 10.0 Å². The second-order valence-corrected chi connectivity index (χ2v) is 6.37. The minimum absolute atomic E-state index is 0.0213. The van der Waals surface area contributed by atoms with E-state index in [4.69, 9.17) is 0 Å². The lowest BCUT2D eigenvalue weighted by Crippen LogP contribution is -2.51. The summed E-state index contributed by atoms with van der Waals surface area (Å²) in [4.78, 5) is -0.522. The van der Waals surface area contributed by atoms with Crippen LogP contribution in [0, 0.1) is 11.6 Å². The van der Waals surface area contributed by atoms with E-state index in [1.165, 1.54) is 0 Å². The van der Waals surface area contributed by atoms with Gasteiger partial charge in [-0.2, -0.15) is 0 Å². The molecular weight excluding hydrogens is 274 g/mol. The zero-order valence-electron chi connectivity index (χ0n) is 10.5. The number of piperidine rings is 1. The van der Waals surface area contributed by atoms with E-state index in [0.717, 1.165) is 25.1 Å². The van der Waals surface area contributed by atoms with Crippen LogP contribution in [0.25, 0.3) is 0 Å². The molecule has 4 nitrogen and oxygen atoms in total. The maximum absolute atomic E-state index is 13.5. The van der Waals surface area contributed by atoms with Crippen LogP contribution in [0.5, 0.6) is 0 Å². The van der Waals surface area contributed by atoms with Crippen LogP contribution in [0.15, 0.2) is 23.1 Å². The molecule has 2 rings (SSSR count). The van der Waals surface area contributed by atoms with E-state index in [0.29, 0.717) is 12.5 Å². The zero-order chi connectivity index (χ0) is 14.0. The van der Waals surface area contributed by atoms with Crippen molar-refractivity contribution in [2.45, 2.75) is 36.7 Å². The number of benzene rings is 1. The van der Waals surface area contributed by atoms with Crippen molar-refractivity contribution in [2.24, 2.45) is 0 Å². The molecule has 7 heteroatoms. The van der Waals surface area contributed by atoms with Gasteiger partial charge in [-0.3, -0.25) is 0 Å². The molecule has 2 N–H and O–H groups in total. The molecule has 0 aromatic heterocycles. The third kappa shape index (κ3) is 3.29. The van der Waals surface area contributed by atoms with Crippen molar-refractivity contribution in [2.75, 3.05) is 6.54 Å². The molecule has 0 spiro atoms. The maximum Gasteiger partial charge on any atom is 0.243 e. The van der Waals surface area contributed by atoms with Gasteiger partial charge in [0.1, 0.15) is 16.5 Å². The van der Waals surface area contributed by atoms with Gasteiger partial charge in [-0.05, 0) is 38.4 Å². The van der Waals surface area contributed by atoms with Gasteiger partial charge < -0.3 is 5.32 Å². The van der Waals surface area contributed by atoms with Crippen molar-refractivity contribution in [3.63, 3.8) is 0 Å². The number of hydrogen-bond acceptors (Lipinski definition) is 3. The SMILES string of the molecule is C[C@@H]1NCCC[C@@H]1NS(=O)(=O)c1ccc(F)cc1F. The molecule has 0 aliphatic carbocycles. The van der Waals surface area contributed by atoms with Gasteiger partial charge in [-0.25, -0.2) is 21.9 Å². The average Bonchev–Trinajstić information content (AvgIpc) is 2.31. The van der Waals surface area contributed by atoms with Crippen molar-refractivity contribution < 1.29 is 17.2 Å². The fourth-order valence-corrected chi connectivity index (χ4v) is 3.57. The molecule has 1 aromatic rings. The van der Waals surface area contributed by atoms with Crippen LogP contribution in [-0.4, -0.2) is 27.0 Å². The standard InChI is InChI=1S/C12H16F2N2O2S/c1-8-11(3-2-6-15-8)16-19(17,18)12-5-4-9(13)7-10(12)14/h4-5,7-8,11,15-16H,2-3,6H2,1H3/t8-,11-/m0/s1. The van der Waals surface area contributed by atoms with Crippen molar-refractivity contribution in [3.8, 4) is 0 Å². The first-order valence-corrected chi connectivity index (χ1v) is 7.59. The number of halogens is 2. The Morgan fingerprint density at radius 3 is 2.74 bits per heavy atom. The third-order valence-corrected chi connectivity index (χ3v) is 4.77. The molecule has 0 saturated carbocycles. The molecule has 1 aliphatic rings. The van der Waals surface area contributed by atoms with E-state index in [9.17, 15) is 17.2 Å². The Balaban J connectivity index is 2.22. The summed E-state index contributed by atoms with van der Waals surface area (Å²) < 4.78 is 52.9. The number of rotatable bonds is 3. The van der Waals surface area contributed by atoms with Crippen LogP contribution in [0.3, 0.4) is 0 Å². The first kappa shape index (κ1) is 14.4. The van der Waals surface area contributed by atoms with E-state index in [2.05, 4.69) is 10.0 Å². The summed E-state index contributed by atoms with van der Waals surface area (Å²) in [6.07, 6.45) is 1.54. The predicted molar refractivity (Wildman–Crippen MR) is 67.2 cm³/mol. The number of nitrogens with one attached hydrogen (secondary N) is 2. The highest BCUT2D eigenvalue weighted by Crippen LogP contribution is 2.18. The smallest absolute Gasteiger partial charge is 0.243 e. The highest BCUT2D eigenvalue weighted by molar-refractivity contribution is 7.89. The van der Waals surface area contributed by atoms with Gasteiger partial charge >= 0.3 is 0 Å². The van der Waals surface area contributed by atoms with Crippen LogP contribution in [0.2, 0.25) is 0 Å². The van der Waals surface area contributed by atoms with E-state index >= 15 is 0 Å². The zero-order valence-corrected chi connectivity index (χ0v) is 11.3. The molecule has 1 saturated heterocycles. The minimum atomic E-state index is -3.97. The predicted octanol–water partition coefficient (Wildman–Crippen LogP) is 1.38. The maximum atomic E-state index is 13.5. The Hall–Kier alpha value is -1.05. The molecule has 0 amide bonds. The first-order chi connectivity index (χ1) is 8.90. The monoisotopic (exact) mass is 290 g/mol. The van der Waals surface area contributed by atoms with E-state index in [1.54, 1.807) is 0 Å². The van der Waals surface area contributed by atoms with Gasteiger partial charge in [0.25, 0.3) is 0 Å². The highest BCUT2D eigenvalue weighted by Gasteiger charge is 2.28. The number of hydrogen-bond donors (Lipinski definition) is 2. The Morgan fingerprint density at radius 2 is 2.11 bits per heavy atom. The van der Waals surface area contributed by atoms with Gasteiger partial charge in [0.2, 0.25) is 10.0 Å². The Bertz CT molecular complexity index is 563. The minimum Gasteiger partial charge on any atom is -0.313 e. The molecular formula is C12H16F2N2O2S. The lowest BCUT2D eigenvalue weighted by molar-refractivity contribution is 0.348. The summed E-state index contributed by atoms with van der Waals surface area (Å²) in [5.74, 6) is -1.88. The van der Waals surface area contributed by atoms with Gasteiger partial charge in [-0.15, -0.1) is 0 Å². The Kier molecular flexibility index (Phi) is 4.17. The lowest BCUT2D eigenvalue weighted by atomic mass is 10.0. The molecule has 1 aliphatic heterocycles. The fraction of sp³-hybridized carbons (Fsp3) is 0.500. The topological polar surface area (TPSA) is 58.2 Å². The van der Waals surface area contributed by atoms with Crippen LogP contribution in [0.1, 0.15) is 19.8 Å². The number of sulfonamides is 1. The van der Waals surface area contributed by atoms with E-state index in [-0.39, 0.29) is 12.1 Å². The van der Waals surface area contributed by atoms with Gasteiger partial charge in [-0.1, -0.05) is 0 Å². The van der Waals surface area contributed by atoms with Gasteiger partial charge in [0.15, 0.2) is 0 Å². The summed E-state index contributed by atoms with van der Waals surface area (Å²) in [7, 11) is -3.97. The fourth-order valence-electron chi connectivity index (χ4n) is 2.16. The van der Waals surface area contributed by atoms with Crippen molar-refractivity contribution in [3.05, 3.63) is 29.8 Å². The summed E-state index contributed by atoms with van der Waals surface area (Å²) in [5, 5.41) is 3.15. The van der Waals surface area contributed by atoms with Gasteiger partial charge in [0.05, 0.1) is 0 Å². The highest BCUT2D eigenvalue weighted by atomic mass is 32.2. The Morgan fingerprint density at radius 1 is 1.37 bits per heavy atom. The molecule has 1 heterocycles. The van der Waals surface area contributed by atoms with Crippen LogP contribution in [0.4, 0.5) is 8.78 Å². The average molecular weight is 290 g/mol. The third-order valence-electron chi connectivity index (χ3n) is 3.25. The molecule has 1 aromatic carbocycles. The molecule has 2 atom stereocenters. The van der Waals surface area contributed by atoms with Crippen LogP contribution in [-0.2, 0) is 10.0 Å². The molecule has 106 valence electrons. The quantitative estimate of drug-likeness (QED) is 0.884.